The summed E-state index contributed by atoms with van der Waals surface area (Å²) < 4.78 is 0. The molecule has 0 N–H and O–H groups in total. The van der Waals surface area contributed by atoms with Crippen molar-refractivity contribution in [1.29, 1.82) is 0 Å². The summed E-state index contributed by atoms with van der Waals surface area (Å²) in [7, 11) is 0. The van der Waals surface area contributed by atoms with E-state index in [9.17, 15) is 0 Å². The Hall–Kier alpha value is 1.73. The van der Waals surface area contributed by atoms with Crippen LogP contribution in [0.1, 0.15) is 0 Å². The molecular formula is C2H6BCl3Sn. The summed E-state index contributed by atoms with van der Waals surface area (Å²) in [6.07, 6.45) is 0. The van der Waals surface area contributed by atoms with Gasteiger partial charge in [0.25, 0.3) is 0 Å². The minimum absolute atomic E-state index is 0.230. The number of hydrogen-bond donors (Lipinski definition) is 0. The molecule has 0 rings (SSSR count). The maximum atomic E-state index is 4.81. The first kappa shape index (κ1) is 11.5. The predicted molar refractivity (Wildman–Crippen MR) is 40.8 cm³/mol. The number of halogens is 3. The monoisotopic (exact) mass is 266 g/mol. The van der Waals surface area contributed by atoms with Gasteiger partial charge in [0.15, 0.2) is 0 Å². The number of hydrogen-bond acceptors (Lipinski definition) is 0. The Balaban J connectivity index is 0. The molecule has 0 amide bonds. The third-order valence-corrected chi connectivity index (χ3v) is 0. The molecule has 0 bridgehead atoms. The Labute approximate surface area is 69.9 Å². The second-order valence-corrected chi connectivity index (χ2v) is 5.58. The van der Waals surface area contributed by atoms with Crippen LogP contribution in [0.5, 0.6) is 0 Å². The van der Waals surface area contributed by atoms with Crippen molar-refractivity contribution in [3.05, 3.63) is 0 Å². The van der Waals surface area contributed by atoms with Crippen LogP contribution in [-0.4, -0.2) is 26.1 Å². The van der Waals surface area contributed by atoms with E-state index in [1.54, 1.807) is 0 Å². The number of rotatable bonds is 0. The average molecular weight is 266 g/mol. The molecule has 5 heteroatoms. The van der Waals surface area contributed by atoms with Gasteiger partial charge in [-0.15, -0.1) is 0 Å². The summed E-state index contributed by atoms with van der Waals surface area (Å²) in [5, 5.41) is 0. The molecule has 0 aromatic heterocycles. The predicted octanol–water partition coefficient (Wildman–Crippen LogP) is 2.47. The van der Waals surface area contributed by atoms with Gasteiger partial charge in [0.2, 0.25) is 0 Å². The van der Waals surface area contributed by atoms with Crippen molar-refractivity contribution in [1.82, 2.24) is 0 Å². The molecule has 42 valence electrons. The van der Waals surface area contributed by atoms with Crippen molar-refractivity contribution in [2.45, 2.75) is 9.88 Å². The topological polar surface area (TPSA) is 0 Å². The van der Waals surface area contributed by atoms with Crippen molar-refractivity contribution in [2.75, 3.05) is 0 Å². The fourth-order valence-electron chi connectivity index (χ4n) is 0. The van der Waals surface area contributed by atoms with Crippen LogP contribution in [0.4, 0.5) is 0 Å². The molecule has 0 aromatic rings. The minimum atomic E-state index is -0.750. The van der Waals surface area contributed by atoms with Crippen molar-refractivity contribution < 1.29 is 0 Å². The average Bonchev–Trinajstić information content (AvgIpc) is 1.33. The van der Waals surface area contributed by atoms with E-state index in [1.165, 1.54) is 0 Å². The molecule has 0 aliphatic rings. The van der Waals surface area contributed by atoms with Crippen LogP contribution in [0.3, 0.4) is 0 Å². The zero-order valence-electron chi connectivity index (χ0n) is 4.21. The molecule has 0 nitrogen and oxygen atoms in total. The summed E-state index contributed by atoms with van der Waals surface area (Å²) in [5.41, 5.74) is 0. The zero-order valence-corrected chi connectivity index (χ0v) is 9.33. The third kappa shape index (κ3) is 84.6. The van der Waals surface area contributed by atoms with Crippen LogP contribution in [-0.2, 0) is 0 Å². The normalized spacial score (nSPS) is 6.43. The van der Waals surface area contributed by atoms with Crippen LogP contribution >= 0.6 is 34.4 Å². The Bertz CT molecular complexity index is 24.1. The Morgan fingerprint density at radius 3 is 1.14 bits per heavy atom. The Morgan fingerprint density at radius 1 is 1.14 bits per heavy atom. The van der Waals surface area contributed by atoms with Gasteiger partial charge in [0.05, 0.1) is 0 Å². The molecule has 0 spiro atoms. The molecule has 0 heterocycles. The molecule has 0 atom stereocenters. The molecule has 2 radical (unpaired) electrons. The first-order chi connectivity index (χ1) is 3.15. The Kier molecular flexibility index (Phi) is 17.6. The van der Waals surface area contributed by atoms with E-state index in [0.717, 1.165) is 0 Å². The Morgan fingerprint density at radius 2 is 1.14 bits per heavy atom. The van der Waals surface area contributed by atoms with Crippen molar-refractivity contribution in [2.24, 2.45) is 0 Å². The van der Waals surface area contributed by atoms with Crippen LogP contribution in [0, 0.1) is 0 Å². The molecule has 0 saturated heterocycles. The van der Waals surface area contributed by atoms with E-state index in [4.69, 9.17) is 34.4 Å². The fraction of sp³-hybridized carbons (Fsp3) is 1.00. The van der Waals surface area contributed by atoms with E-state index < -0.39 is 4.96 Å². The first-order valence-corrected chi connectivity index (χ1v) is 8.67. The summed E-state index contributed by atoms with van der Waals surface area (Å²) >= 11 is 14.6. The summed E-state index contributed by atoms with van der Waals surface area (Å²) in [6, 6.07) is 0. The summed E-state index contributed by atoms with van der Waals surface area (Å²) in [4.78, 5) is 3.84. The maximum absolute atomic E-state index is 4.81. The molecule has 0 aromatic carbocycles. The zero-order chi connectivity index (χ0) is 6.28. The van der Waals surface area contributed by atoms with Crippen LogP contribution in [0.15, 0.2) is 0 Å². The van der Waals surface area contributed by atoms with E-state index in [0.29, 0.717) is 0 Å². The van der Waals surface area contributed by atoms with Gasteiger partial charge in [-0.3, -0.25) is 0 Å². The van der Waals surface area contributed by atoms with Gasteiger partial charge < -0.3 is 0 Å². The summed E-state index contributed by atoms with van der Waals surface area (Å²) in [6.45, 7) is 0. The van der Waals surface area contributed by atoms with Crippen LogP contribution in [0.2, 0.25) is 9.88 Å². The molecule has 0 fully saturated rings. The molecule has 0 aliphatic carbocycles. The van der Waals surface area contributed by atoms with E-state index in [-0.39, 0.29) is 21.1 Å². The molecule has 7 heavy (non-hydrogen) atoms. The van der Waals surface area contributed by atoms with Gasteiger partial charge in [-0.2, -0.15) is 34.4 Å². The molecule has 0 aliphatic heterocycles. The van der Waals surface area contributed by atoms with Gasteiger partial charge in [0, 0.05) is 0 Å². The van der Waals surface area contributed by atoms with Gasteiger partial charge in [-0.25, -0.2) is 0 Å². The van der Waals surface area contributed by atoms with E-state index in [1.807, 2.05) is 0 Å². The second-order valence-electron chi connectivity index (χ2n) is 0.747. The first-order valence-electron chi connectivity index (χ1n) is 1.65. The SMILES string of the molecule is ClB(Cl)Cl.[CH3][Sn][CH3]. The van der Waals surface area contributed by atoms with Gasteiger partial charge >= 0.3 is 36.0 Å². The molecule has 0 unspecified atom stereocenters. The second kappa shape index (κ2) is 10.7. The molecule has 0 saturated carbocycles. The van der Waals surface area contributed by atoms with Crippen LogP contribution in [0.25, 0.3) is 0 Å². The van der Waals surface area contributed by atoms with Crippen LogP contribution < -0.4 is 0 Å². The quantitative estimate of drug-likeness (QED) is 0.591. The van der Waals surface area contributed by atoms with Crippen molar-refractivity contribution >= 4 is 60.5 Å². The summed E-state index contributed by atoms with van der Waals surface area (Å²) in [5.74, 6) is 0. The van der Waals surface area contributed by atoms with Crippen molar-refractivity contribution in [3.63, 3.8) is 0 Å². The van der Waals surface area contributed by atoms with E-state index in [2.05, 4.69) is 9.88 Å². The van der Waals surface area contributed by atoms with Gasteiger partial charge in [0.1, 0.15) is 0 Å². The third-order valence-electron chi connectivity index (χ3n) is 0. The standard InChI is InChI=1S/2CH3.BCl3.Sn/c;;2-1(3)4;/h2*1H3;;. The molecular weight excluding hydrogens is 260 g/mol. The van der Waals surface area contributed by atoms with Gasteiger partial charge in [-0.1, -0.05) is 0 Å². The fourth-order valence-corrected chi connectivity index (χ4v) is 0. The van der Waals surface area contributed by atoms with Gasteiger partial charge in [-0.05, 0) is 0 Å². The van der Waals surface area contributed by atoms with Crippen molar-refractivity contribution in [3.8, 4) is 0 Å². The van der Waals surface area contributed by atoms with E-state index >= 15 is 0 Å².